The number of esters is 1. The van der Waals surface area contributed by atoms with Crippen LogP contribution in [0.1, 0.15) is 45.2 Å². The molecule has 2 N–H and O–H groups in total. The lowest BCUT2D eigenvalue weighted by Gasteiger charge is -2.19. The minimum Gasteiger partial charge on any atom is -0.491 e. The van der Waals surface area contributed by atoms with E-state index in [1.165, 1.54) is 0 Å². The molecule has 2 aromatic rings. The van der Waals surface area contributed by atoms with Gasteiger partial charge in [0.05, 0.1) is 19.8 Å². The van der Waals surface area contributed by atoms with E-state index in [4.69, 9.17) is 23.5 Å². The first kappa shape index (κ1) is 30.3. The van der Waals surface area contributed by atoms with Crippen LogP contribution in [0.15, 0.2) is 48.5 Å². The third-order valence-corrected chi connectivity index (χ3v) is 5.94. The maximum Gasteiger partial charge on any atom is 0.325 e. The molecule has 0 radical (unpaired) electrons. The minimum absolute atomic E-state index is 0.0602. The molecule has 37 heavy (non-hydrogen) atoms. The summed E-state index contributed by atoms with van der Waals surface area (Å²) < 4.78 is 52.5. The fraction of sp³-hybridized carbons (Fsp3) is 0.444. The number of hydrogen-bond acceptors (Lipinski definition) is 8. The predicted octanol–water partition coefficient (Wildman–Crippen LogP) is 4.65. The Bertz CT molecular complexity index is 1090. The number of rotatable bonds is 15. The zero-order chi connectivity index (χ0) is 27.3. The average Bonchev–Trinajstić information content (AvgIpc) is 2.82. The minimum atomic E-state index is -4.21. The summed E-state index contributed by atoms with van der Waals surface area (Å²) >= 11 is 0. The van der Waals surface area contributed by atoms with Crippen molar-refractivity contribution in [2.75, 3.05) is 38.3 Å². The topological polar surface area (TPSA) is 120 Å². The predicted molar refractivity (Wildman–Crippen MR) is 144 cm³/mol. The normalized spacial score (nSPS) is 12.9. The van der Waals surface area contributed by atoms with Crippen LogP contribution in [-0.2, 0) is 29.1 Å². The van der Waals surface area contributed by atoms with Crippen LogP contribution in [-0.4, -0.2) is 62.9 Å². The maximum atomic E-state index is 11.8. The van der Waals surface area contributed by atoms with Gasteiger partial charge in [-0.15, -0.1) is 0 Å². The summed E-state index contributed by atoms with van der Waals surface area (Å²) in [5.41, 5.74) is 1.14. The molecule has 10 heteroatoms. The lowest BCUT2D eigenvalue weighted by molar-refractivity contribution is -0.152. The fourth-order valence-corrected chi connectivity index (χ4v) is 3.79. The van der Waals surface area contributed by atoms with E-state index in [-0.39, 0.29) is 32.1 Å². The van der Waals surface area contributed by atoms with Crippen LogP contribution in [0, 0.1) is 0 Å². The Morgan fingerprint density at radius 3 is 2.05 bits per heavy atom. The molecule has 204 valence electrons. The lowest BCUT2D eigenvalue weighted by Crippen LogP contribution is -2.28. The van der Waals surface area contributed by atoms with Crippen LogP contribution >= 0.6 is 0 Å². The van der Waals surface area contributed by atoms with Crippen molar-refractivity contribution in [3.8, 4) is 5.75 Å². The molecule has 0 aromatic heterocycles. The molecule has 1 unspecified atom stereocenters. The van der Waals surface area contributed by atoms with Crippen LogP contribution in [0.25, 0.3) is 12.2 Å². The molecule has 2 aromatic carbocycles. The van der Waals surface area contributed by atoms with Gasteiger partial charge in [-0.25, -0.2) is 0 Å². The summed E-state index contributed by atoms with van der Waals surface area (Å²) in [6.45, 7) is 8.14. The van der Waals surface area contributed by atoms with Crippen molar-refractivity contribution in [2.45, 2.75) is 45.2 Å². The van der Waals surface area contributed by atoms with Crippen molar-refractivity contribution in [1.29, 1.82) is 0 Å². The number of carbonyl (C=O) groups is 1. The molecule has 2 rings (SSSR count). The van der Waals surface area contributed by atoms with E-state index in [9.17, 15) is 13.2 Å². The second-order valence-electron chi connectivity index (χ2n) is 9.15. The number of ether oxygens (including phenoxy) is 4. The third kappa shape index (κ3) is 12.7. The Kier molecular flexibility index (Phi) is 12.1. The van der Waals surface area contributed by atoms with Crippen molar-refractivity contribution in [3.63, 3.8) is 0 Å². The summed E-state index contributed by atoms with van der Waals surface area (Å²) in [6, 6.07) is 15.4. The van der Waals surface area contributed by atoms with Gasteiger partial charge in [-0.3, -0.25) is 9.35 Å². The van der Waals surface area contributed by atoms with Gasteiger partial charge in [0.1, 0.15) is 24.5 Å². The lowest BCUT2D eigenvalue weighted by atomic mass is 10.1. The second kappa shape index (κ2) is 14.7. The zero-order valence-electron chi connectivity index (χ0n) is 21.8. The Balaban J connectivity index is 1.68. The summed E-state index contributed by atoms with van der Waals surface area (Å²) in [4.78, 5) is 11.8. The van der Waals surface area contributed by atoms with Gasteiger partial charge in [-0.1, -0.05) is 43.3 Å². The molecular formula is C27H37NO8S. The highest BCUT2D eigenvalue weighted by Crippen LogP contribution is 2.16. The SMILES string of the molecule is CCC(OCCOCCOc1ccc(/C=C/c2ccc(NCC(=O)OC(C)(C)C)cc2)cc1)S(=O)(=O)O. The Morgan fingerprint density at radius 2 is 1.51 bits per heavy atom. The van der Waals surface area contributed by atoms with Crippen molar-refractivity contribution in [1.82, 2.24) is 0 Å². The average molecular weight is 536 g/mol. The van der Waals surface area contributed by atoms with Gasteiger partial charge in [0.15, 0.2) is 5.44 Å². The Hall–Kier alpha value is -2.92. The number of hydrogen-bond donors (Lipinski definition) is 2. The molecule has 0 saturated heterocycles. The zero-order valence-corrected chi connectivity index (χ0v) is 22.6. The van der Waals surface area contributed by atoms with Gasteiger partial charge in [0, 0.05) is 5.69 Å². The van der Waals surface area contributed by atoms with Gasteiger partial charge >= 0.3 is 5.97 Å². The van der Waals surface area contributed by atoms with Crippen LogP contribution < -0.4 is 10.1 Å². The van der Waals surface area contributed by atoms with E-state index < -0.39 is 21.2 Å². The molecule has 0 spiro atoms. The first-order valence-electron chi connectivity index (χ1n) is 12.1. The summed E-state index contributed by atoms with van der Waals surface area (Å²) in [7, 11) is -4.21. The third-order valence-electron chi connectivity index (χ3n) is 4.81. The summed E-state index contributed by atoms with van der Waals surface area (Å²) in [5, 5.41) is 3.06. The van der Waals surface area contributed by atoms with Crippen molar-refractivity contribution in [2.24, 2.45) is 0 Å². The van der Waals surface area contributed by atoms with E-state index in [1.807, 2.05) is 81.5 Å². The Labute approximate surface area is 219 Å². The Morgan fingerprint density at radius 1 is 0.946 bits per heavy atom. The van der Waals surface area contributed by atoms with Crippen molar-refractivity contribution < 1.29 is 36.7 Å². The number of anilines is 1. The first-order chi connectivity index (χ1) is 17.5. The molecule has 0 amide bonds. The summed E-state index contributed by atoms with van der Waals surface area (Å²) in [6.07, 6.45) is 4.15. The van der Waals surface area contributed by atoms with Crippen molar-refractivity contribution >= 4 is 33.9 Å². The van der Waals surface area contributed by atoms with Gasteiger partial charge in [0.25, 0.3) is 10.1 Å². The molecule has 1 atom stereocenters. The van der Waals surface area contributed by atoms with E-state index in [0.717, 1.165) is 16.8 Å². The number of nitrogens with one attached hydrogen (secondary N) is 1. The van der Waals surface area contributed by atoms with Crippen LogP contribution in [0.5, 0.6) is 5.75 Å². The molecule has 0 heterocycles. The summed E-state index contributed by atoms with van der Waals surface area (Å²) in [5.74, 6) is 0.403. The maximum absolute atomic E-state index is 11.8. The fourth-order valence-electron chi connectivity index (χ4n) is 3.10. The molecule has 0 aliphatic carbocycles. The standard InChI is InChI=1S/C27H37NO8S/c1-5-26(37(30,31)32)35-19-17-33-16-18-34-24-14-10-22(11-15-24)7-6-21-8-12-23(13-9-21)28-20-25(29)36-27(2,3)4/h6-15,26,28H,5,16-20H2,1-4H3,(H,30,31,32)/b7-6+. The monoisotopic (exact) mass is 535 g/mol. The molecule has 0 aliphatic rings. The number of benzene rings is 2. The van der Waals surface area contributed by atoms with E-state index >= 15 is 0 Å². The molecule has 0 bridgehead atoms. The largest absolute Gasteiger partial charge is 0.491 e. The van der Waals surface area contributed by atoms with E-state index in [0.29, 0.717) is 19.0 Å². The van der Waals surface area contributed by atoms with Crippen LogP contribution in [0.3, 0.4) is 0 Å². The van der Waals surface area contributed by atoms with Gasteiger partial charge < -0.3 is 24.3 Å². The van der Waals surface area contributed by atoms with Crippen LogP contribution in [0.2, 0.25) is 0 Å². The smallest absolute Gasteiger partial charge is 0.325 e. The van der Waals surface area contributed by atoms with E-state index in [1.54, 1.807) is 6.92 Å². The molecule has 0 fully saturated rings. The highest BCUT2D eigenvalue weighted by atomic mass is 32.2. The van der Waals surface area contributed by atoms with Gasteiger partial charge in [-0.05, 0) is 62.6 Å². The quantitative estimate of drug-likeness (QED) is 0.145. The molecule has 9 nitrogen and oxygen atoms in total. The highest BCUT2D eigenvalue weighted by molar-refractivity contribution is 7.86. The first-order valence-corrected chi connectivity index (χ1v) is 13.6. The van der Waals surface area contributed by atoms with Crippen LogP contribution in [0.4, 0.5) is 5.69 Å². The highest BCUT2D eigenvalue weighted by Gasteiger charge is 2.21. The van der Waals surface area contributed by atoms with Crippen molar-refractivity contribution in [3.05, 3.63) is 59.7 Å². The second-order valence-corrected chi connectivity index (χ2v) is 10.7. The molecule has 0 aliphatic heterocycles. The van der Waals surface area contributed by atoms with E-state index in [2.05, 4.69) is 5.32 Å². The number of carbonyl (C=O) groups excluding carboxylic acids is 1. The van der Waals surface area contributed by atoms with Gasteiger partial charge in [0.2, 0.25) is 0 Å². The molecular weight excluding hydrogens is 498 g/mol. The molecule has 0 saturated carbocycles. The van der Waals surface area contributed by atoms with Gasteiger partial charge in [-0.2, -0.15) is 8.42 Å².